The SMILES string of the molecule is CC[C@H](C(=O)NCC(C)C)N(Cc1c(Cl)cccc1Cl)C(=O)CN(c1cccc(C)c1C)S(=O)(=O)c1ccccc1. The molecule has 1 atom stereocenters. The molecule has 2 amide bonds. The molecule has 0 heterocycles. The molecular weight excluding hydrogens is 581 g/mol. The summed E-state index contributed by atoms with van der Waals surface area (Å²) in [6, 6.07) is 17.4. The quantitative estimate of drug-likeness (QED) is 0.255. The summed E-state index contributed by atoms with van der Waals surface area (Å²) < 4.78 is 29.1. The maximum absolute atomic E-state index is 14.2. The Morgan fingerprint density at radius 3 is 2.10 bits per heavy atom. The van der Waals surface area contributed by atoms with Crippen molar-refractivity contribution in [2.75, 3.05) is 17.4 Å². The Hall–Kier alpha value is -3.07. The molecule has 0 aliphatic rings. The molecule has 0 fully saturated rings. The second kappa shape index (κ2) is 14.2. The molecule has 0 bridgehead atoms. The number of halogens is 2. The molecule has 3 aromatic carbocycles. The average molecular weight is 619 g/mol. The van der Waals surface area contributed by atoms with Gasteiger partial charge < -0.3 is 10.2 Å². The number of carbonyl (C=O) groups is 2. The summed E-state index contributed by atoms with van der Waals surface area (Å²) in [6.45, 7) is 9.28. The van der Waals surface area contributed by atoms with E-state index in [1.165, 1.54) is 17.0 Å². The van der Waals surface area contributed by atoms with Gasteiger partial charge in [-0.15, -0.1) is 0 Å². The smallest absolute Gasteiger partial charge is 0.264 e. The van der Waals surface area contributed by atoms with Crippen LogP contribution < -0.4 is 9.62 Å². The highest BCUT2D eigenvalue weighted by Crippen LogP contribution is 2.30. The summed E-state index contributed by atoms with van der Waals surface area (Å²) in [7, 11) is -4.15. The topological polar surface area (TPSA) is 86.8 Å². The number of sulfonamides is 1. The van der Waals surface area contributed by atoms with Gasteiger partial charge in [0.25, 0.3) is 10.0 Å². The van der Waals surface area contributed by atoms with Gasteiger partial charge in [0.05, 0.1) is 10.6 Å². The second-order valence-corrected chi connectivity index (χ2v) is 13.0. The third-order valence-electron chi connectivity index (χ3n) is 6.92. The zero-order chi connectivity index (χ0) is 30.3. The van der Waals surface area contributed by atoms with Crippen LogP contribution in [-0.4, -0.2) is 44.3 Å². The lowest BCUT2D eigenvalue weighted by atomic mass is 10.1. The van der Waals surface area contributed by atoms with Crippen LogP contribution in [0.25, 0.3) is 0 Å². The fraction of sp³-hybridized carbons (Fsp3) is 0.355. The van der Waals surface area contributed by atoms with Gasteiger partial charge in [0.15, 0.2) is 0 Å². The lowest BCUT2D eigenvalue weighted by molar-refractivity contribution is -0.140. The lowest BCUT2D eigenvalue weighted by Gasteiger charge is -2.34. The Bertz CT molecular complexity index is 1460. The van der Waals surface area contributed by atoms with E-state index in [0.29, 0.717) is 34.3 Å². The van der Waals surface area contributed by atoms with Crippen LogP contribution in [0.15, 0.2) is 71.6 Å². The first-order chi connectivity index (χ1) is 19.4. The summed E-state index contributed by atoms with van der Waals surface area (Å²) in [5.41, 5.74) is 2.46. The van der Waals surface area contributed by atoms with E-state index in [-0.39, 0.29) is 23.3 Å². The van der Waals surface area contributed by atoms with Crippen molar-refractivity contribution in [2.45, 2.75) is 58.5 Å². The molecule has 3 aromatic rings. The van der Waals surface area contributed by atoms with E-state index in [1.54, 1.807) is 55.5 Å². The molecule has 0 radical (unpaired) electrons. The molecule has 0 aliphatic carbocycles. The first-order valence-corrected chi connectivity index (χ1v) is 15.7. The van der Waals surface area contributed by atoms with Crippen LogP contribution >= 0.6 is 23.2 Å². The van der Waals surface area contributed by atoms with Crippen LogP contribution in [0.4, 0.5) is 5.69 Å². The predicted octanol–water partition coefficient (Wildman–Crippen LogP) is 6.39. The van der Waals surface area contributed by atoms with Gasteiger partial charge in [0.1, 0.15) is 12.6 Å². The van der Waals surface area contributed by atoms with Crippen molar-refractivity contribution in [1.82, 2.24) is 10.2 Å². The van der Waals surface area contributed by atoms with Crippen LogP contribution in [0.2, 0.25) is 10.0 Å². The highest BCUT2D eigenvalue weighted by atomic mass is 35.5. The molecule has 0 unspecified atom stereocenters. The summed E-state index contributed by atoms with van der Waals surface area (Å²) in [5, 5.41) is 3.60. The Kier molecular flexibility index (Phi) is 11.2. The van der Waals surface area contributed by atoms with Gasteiger partial charge in [0.2, 0.25) is 11.8 Å². The number of nitrogens with zero attached hydrogens (tertiary/aromatic N) is 2. The van der Waals surface area contributed by atoms with Gasteiger partial charge in [-0.25, -0.2) is 8.42 Å². The van der Waals surface area contributed by atoms with Gasteiger partial charge in [-0.1, -0.05) is 80.4 Å². The van der Waals surface area contributed by atoms with Crippen LogP contribution in [0.1, 0.15) is 43.9 Å². The Balaban J connectivity index is 2.12. The number of rotatable bonds is 12. The third-order valence-corrected chi connectivity index (χ3v) is 9.40. The Morgan fingerprint density at radius 1 is 0.902 bits per heavy atom. The molecule has 0 spiro atoms. The fourth-order valence-corrected chi connectivity index (χ4v) is 6.44. The highest BCUT2D eigenvalue weighted by Gasteiger charge is 2.34. The molecule has 0 aromatic heterocycles. The minimum absolute atomic E-state index is 0.0520. The molecule has 0 saturated carbocycles. The molecule has 220 valence electrons. The normalized spacial score (nSPS) is 12.2. The number of hydrogen-bond acceptors (Lipinski definition) is 4. The van der Waals surface area contributed by atoms with E-state index in [0.717, 1.165) is 15.4 Å². The van der Waals surface area contributed by atoms with E-state index >= 15 is 0 Å². The molecule has 0 aliphatic heterocycles. The largest absolute Gasteiger partial charge is 0.354 e. The Labute approximate surface area is 253 Å². The number of hydrogen-bond donors (Lipinski definition) is 1. The van der Waals surface area contributed by atoms with Gasteiger partial charge in [-0.2, -0.15) is 0 Å². The van der Waals surface area contributed by atoms with Crippen molar-refractivity contribution < 1.29 is 18.0 Å². The standard InChI is InChI=1S/C31H37Cl2N3O4S/c1-6-28(31(38)34-18-21(2)3)35(19-25-26(32)15-11-16-27(25)33)30(37)20-36(29-17-10-12-22(4)23(29)5)41(39,40)24-13-8-7-9-14-24/h7-17,21,28H,6,18-20H2,1-5H3,(H,34,38)/t28-/m1/s1. The Morgan fingerprint density at radius 2 is 1.51 bits per heavy atom. The molecule has 3 rings (SSSR count). The van der Waals surface area contributed by atoms with E-state index in [1.807, 2.05) is 33.8 Å². The minimum Gasteiger partial charge on any atom is -0.354 e. The minimum atomic E-state index is -4.15. The van der Waals surface area contributed by atoms with Gasteiger partial charge >= 0.3 is 0 Å². The number of benzene rings is 3. The predicted molar refractivity (Wildman–Crippen MR) is 166 cm³/mol. The van der Waals surface area contributed by atoms with Crippen molar-refractivity contribution in [1.29, 1.82) is 0 Å². The number of amides is 2. The van der Waals surface area contributed by atoms with Crippen LogP contribution in [0.5, 0.6) is 0 Å². The average Bonchev–Trinajstić information content (AvgIpc) is 2.94. The molecule has 10 heteroatoms. The summed E-state index contributed by atoms with van der Waals surface area (Å²) in [5.74, 6) is -0.690. The molecule has 7 nitrogen and oxygen atoms in total. The lowest BCUT2D eigenvalue weighted by Crippen LogP contribution is -2.52. The molecule has 0 saturated heterocycles. The monoisotopic (exact) mass is 617 g/mol. The fourth-order valence-electron chi connectivity index (χ4n) is 4.43. The number of anilines is 1. The first-order valence-electron chi connectivity index (χ1n) is 13.5. The highest BCUT2D eigenvalue weighted by molar-refractivity contribution is 7.92. The zero-order valence-corrected chi connectivity index (χ0v) is 26.4. The van der Waals surface area contributed by atoms with Gasteiger partial charge in [0, 0.05) is 28.7 Å². The molecule has 1 N–H and O–H groups in total. The summed E-state index contributed by atoms with van der Waals surface area (Å²) in [4.78, 5) is 29.0. The summed E-state index contributed by atoms with van der Waals surface area (Å²) in [6.07, 6.45) is 0.298. The van der Waals surface area contributed by atoms with Crippen molar-refractivity contribution in [3.63, 3.8) is 0 Å². The van der Waals surface area contributed by atoms with Gasteiger partial charge in [-0.05, 0) is 67.6 Å². The number of aryl methyl sites for hydroxylation is 1. The zero-order valence-electron chi connectivity index (χ0n) is 24.0. The van der Waals surface area contributed by atoms with Crippen molar-refractivity contribution >= 4 is 50.7 Å². The van der Waals surface area contributed by atoms with E-state index in [4.69, 9.17) is 23.2 Å². The van der Waals surface area contributed by atoms with Crippen LogP contribution in [0.3, 0.4) is 0 Å². The number of nitrogens with one attached hydrogen (secondary N) is 1. The number of carbonyl (C=O) groups excluding carboxylic acids is 2. The maximum Gasteiger partial charge on any atom is 0.264 e. The second-order valence-electron chi connectivity index (χ2n) is 10.3. The first kappa shape index (κ1) is 32.4. The van der Waals surface area contributed by atoms with E-state index < -0.39 is 28.5 Å². The third kappa shape index (κ3) is 7.82. The van der Waals surface area contributed by atoms with Crippen LogP contribution in [0, 0.1) is 19.8 Å². The van der Waals surface area contributed by atoms with Crippen molar-refractivity contribution in [3.8, 4) is 0 Å². The van der Waals surface area contributed by atoms with E-state index in [2.05, 4.69) is 5.32 Å². The van der Waals surface area contributed by atoms with E-state index in [9.17, 15) is 18.0 Å². The van der Waals surface area contributed by atoms with Gasteiger partial charge in [-0.3, -0.25) is 13.9 Å². The van der Waals surface area contributed by atoms with Crippen molar-refractivity contribution in [2.24, 2.45) is 5.92 Å². The molecule has 41 heavy (non-hydrogen) atoms. The van der Waals surface area contributed by atoms with Crippen molar-refractivity contribution in [3.05, 3.63) is 93.5 Å². The summed E-state index contributed by atoms with van der Waals surface area (Å²) >= 11 is 12.9. The van der Waals surface area contributed by atoms with Crippen LogP contribution in [-0.2, 0) is 26.2 Å². The molecular formula is C31H37Cl2N3O4S. The maximum atomic E-state index is 14.2.